The van der Waals surface area contributed by atoms with Crippen LogP contribution in [0.4, 0.5) is 4.39 Å². The summed E-state index contributed by atoms with van der Waals surface area (Å²) in [7, 11) is 0. The van der Waals surface area contributed by atoms with Crippen LogP contribution in [0.1, 0.15) is 29.3 Å². The van der Waals surface area contributed by atoms with Crippen LogP contribution in [-0.4, -0.2) is 6.61 Å². The zero-order valence-electron chi connectivity index (χ0n) is 10.5. The third kappa shape index (κ3) is 2.96. The summed E-state index contributed by atoms with van der Waals surface area (Å²) in [5.74, 6) is 0.605. The maximum atomic E-state index is 13.7. The average molecular weight is 277 g/mol. The number of hydrogen-bond acceptors (Lipinski definition) is 3. The third-order valence-corrected chi connectivity index (χ3v) is 4.29. The zero-order chi connectivity index (χ0) is 13.2. The molecule has 2 N–H and O–H groups in total. The quantitative estimate of drug-likeness (QED) is 0.904. The molecule has 100 valence electrons. The maximum absolute atomic E-state index is 13.7. The van der Waals surface area contributed by atoms with Gasteiger partial charge in [-0.3, -0.25) is 0 Å². The van der Waals surface area contributed by atoms with Crippen molar-refractivity contribution in [1.82, 2.24) is 0 Å². The van der Waals surface area contributed by atoms with Gasteiger partial charge in [-0.25, -0.2) is 4.39 Å². The highest BCUT2D eigenvalue weighted by Crippen LogP contribution is 2.32. The summed E-state index contributed by atoms with van der Waals surface area (Å²) in [6.07, 6.45) is 2.38. The monoisotopic (exact) mass is 277 g/mol. The van der Waals surface area contributed by atoms with Gasteiger partial charge in [-0.2, -0.15) is 0 Å². The van der Waals surface area contributed by atoms with E-state index in [1.165, 1.54) is 18.9 Å². The number of halogens is 1. The van der Waals surface area contributed by atoms with Gasteiger partial charge in [0.1, 0.15) is 0 Å². The first-order valence-corrected chi connectivity index (χ1v) is 7.33. The number of hydrogen-bond donors (Lipinski definition) is 1. The molecular formula is C15H16FNOS. The van der Waals surface area contributed by atoms with E-state index in [4.69, 9.17) is 10.5 Å². The fourth-order valence-corrected chi connectivity index (χ4v) is 2.70. The van der Waals surface area contributed by atoms with Crippen molar-refractivity contribution < 1.29 is 9.13 Å². The minimum atomic E-state index is -0.317. The van der Waals surface area contributed by atoms with Crippen molar-refractivity contribution in [1.29, 1.82) is 0 Å². The Labute approximate surface area is 116 Å². The van der Waals surface area contributed by atoms with E-state index in [9.17, 15) is 4.39 Å². The zero-order valence-corrected chi connectivity index (χ0v) is 11.3. The molecule has 1 saturated carbocycles. The second-order valence-corrected chi connectivity index (χ2v) is 5.92. The molecule has 0 amide bonds. The molecule has 1 aliphatic rings. The average Bonchev–Trinajstić information content (AvgIpc) is 3.09. The Bertz CT molecular complexity index is 551. The predicted molar refractivity (Wildman–Crippen MR) is 75.0 cm³/mol. The van der Waals surface area contributed by atoms with Crippen molar-refractivity contribution in [2.45, 2.75) is 18.9 Å². The summed E-state index contributed by atoms with van der Waals surface area (Å²) in [6, 6.07) is 8.62. The molecule has 1 atom stereocenters. The van der Waals surface area contributed by atoms with Crippen molar-refractivity contribution >= 4 is 11.3 Å². The molecule has 19 heavy (non-hydrogen) atoms. The van der Waals surface area contributed by atoms with Crippen molar-refractivity contribution in [2.75, 3.05) is 6.61 Å². The molecule has 0 saturated heterocycles. The summed E-state index contributed by atoms with van der Waals surface area (Å²) in [4.78, 5) is 1.07. The van der Waals surface area contributed by atoms with E-state index < -0.39 is 0 Å². The van der Waals surface area contributed by atoms with Crippen molar-refractivity contribution in [3.8, 4) is 5.75 Å². The lowest BCUT2D eigenvalue weighted by atomic mass is 10.1. The van der Waals surface area contributed by atoms with E-state index in [0.717, 1.165) is 10.4 Å². The number of benzene rings is 1. The smallest absolute Gasteiger partial charge is 0.165 e. The number of nitrogens with two attached hydrogens (primary N) is 1. The van der Waals surface area contributed by atoms with Gasteiger partial charge in [0.15, 0.2) is 11.6 Å². The third-order valence-electron chi connectivity index (χ3n) is 3.34. The fourth-order valence-electron chi connectivity index (χ4n) is 1.95. The number of rotatable bonds is 5. The molecule has 1 aliphatic carbocycles. The number of ether oxygens (including phenoxy) is 1. The Morgan fingerprint density at radius 1 is 1.37 bits per heavy atom. The van der Waals surface area contributed by atoms with Crippen LogP contribution in [0.15, 0.2) is 35.7 Å². The van der Waals surface area contributed by atoms with Crippen LogP contribution in [0.2, 0.25) is 0 Å². The Kier molecular flexibility index (Phi) is 3.53. The van der Waals surface area contributed by atoms with Gasteiger partial charge in [0.05, 0.1) is 12.6 Å². The molecule has 0 aliphatic heterocycles. The standard InChI is InChI=1S/C15H16FNOS/c16-12-6-5-11(15(17)14-2-1-7-19-14)8-13(12)18-9-10-3-4-10/h1-2,5-8,10,15H,3-4,9,17H2/t15-/m0/s1. The highest BCUT2D eigenvalue weighted by Gasteiger charge is 2.22. The molecule has 1 aromatic carbocycles. The summed E-state index contributed by atoms with van der Waals surface area (Å²) < 4.78 is 19.2. The SMILES string of the molecule is N[C@@H](c1ccc(F)c(OCC2CC2)c1)c1cccs1. The van der Waals surface area contributed by atoms with E-state index in [0.29, 0.717) is 18.3 Å². The van der Waals surface area contributed by atoms with Gasteiger partial charge in [0.25, 0.3) is 0 Å². The lowest BCUT2D eigenvalue weighted by Gasteiger charge is -2.13. The van der Waals surface area contributed by atoms with Gasteiger partial charge < -0.3 is 10.5 Å². The summed E-state index contributed by atoms with van der Waals surface area (Å²) in [6.45, 7) is 0.606. The van der Waals surface area contributed by atoms with Crippen LogP contribution in [0.5, 0.6) is 5.75 Å². The van der Waals surface area contributed by atoms with E-state index in [1.807, 2.05) is 17.5 Å². The number of thiophene rings is 1. The van der Waals surface area contributed by atoms with Crippen LogP contribution in [0.3, 0.4) is 0 Å². The van der Waals surface area contributed by atoms with Crippen LogP contribution >= 0.6 is 11.3 Å². The van der Waals surface area contributed by atoms with E-state index >= 15 is 0 Å². The van der Waals surface area contributed by atoms with Crippen molar-refractivity contribution in [3.63, 3.8) is 0 Å². The second kappa shape index (κ2) is 5.31. The molecule has 0 spiro atoms. The first-order chi connectivity index (χ1) is 9.24. The minimum Gasteiger partial charge on any atom is -0.490 e. The Morgan fingerprint density at radius 3 is 2.89 bits per heavy atom. The topological polar surface area (TPSA) is 35.2 Å². The molecule has 3 rings (SSSR count). The van der Waals surface area contributed by atoms with Crippen molar-refractivity contribution in [3.05, 3.63) is 52.0 Å². The molecule has 0 unspecified atom stereocenters. The maximum Gasteiger partial charge on any atom is 0.165 e. The molecule has 2 nitrogen and oxygen atoms in total. The first kappa shape index (κ1) is 12.6. The van der Waals surface area contributed by atoms with Crippen LogP contribution in [0.25, 0.3) is 0 Å². The Morgan fingerprint density at radius 2 is 2.21 bits per heavy atom. The van der Waals surface area contributed by atoms with Crippen LogP contribution in [-0.2, 0) is 0 Å². The molecule has 1 heterocycles. The van der Waals surface area contributed by atoms with E-state index in [-0.39, 0.29) is 11.9 Å². The summed E-state index contributed by atoms with van der Waals surface area (Å²) in [5, 5.41) is 1.99. The fraction of sp³-hybridized carbons (Fsp3) is 0.333. The van der Waals surface area contributed by atoms with E-state index in [2.05, 4.69) is 0 Å². The van der Waals surface area contributed by atoms with Gasteiger partial charge in [0, 0.05) is 4.88 Å². The lowest BCUT2D eigenvalue weighted by Crippen LogP contribution is -2.11. The molecule has 0 radical (unpaired) electrons. The lowest BCUT2D eigenvalue weighted by molar-refractivity contribution is 0.285. The normalized spacial score (nSPS) is 16.3. The van der Waals surface area contributed by atoms with Crippen molar-refractivity contribution in [2.24, 2.45) is 11.7 Å². The Balaban J connectivity index is 1.79. The van der Waals surface area contributed by atoms with Gasteiger partial charge in [0.2, 0.25) is 0 Å². The van der Waals surface area contributed by atoms with E-state index in [1.54, 1.807) is 23.5 Å². The molecular weight excluding hydrogens is 261 g/mol. The minimum absolute atomic E-state index is 0.219. The molecule has 1 aromatic heterocycles. The molecule has 2 aromatic rings. The Hall–Kier alpha value is -1.39. The predicted octanol–water partition coefficient (Wildman–Crippen LogP) is 3.72. The summed E-state index contributed by atoms with van der Waals surface area (Å²) in [5.41, 5.74) is 7.06. The summed E-state index contributed by atoms with van der Waals surface area (Å²) >= 11 is 1.60. The largest absolute Gasteiger partial charge is 0.490 e. The second-order valence-electron chi connectivity index (χ2n) is 4.94. The van der Waals surface area contributed by atoms with Crippen LogP contribution in [0, 0.1) is 11.7 Å². The first-order valence-electron chi connectivity index (χ1n) is 6.45. The molecule has 1 fully saturated rings. The van der Waals surface area contributed by atoms with Crippen LogP contribution < -0.4 is 10.5 Å². The molecule has 4 heteroatoms. The van der Waals surface area contributed by atoms with Gasteiger partial charge in [-0.15, -0.1) is 11.3 Å². The van der Waals surface area contributed by atoms with Gasteiger partial charge in [-0.05, 0) is 47.9 Å². The highest BCUT2D eigenvalue weighted by atomic mass is 32.1. The molecule has 0 bridgehead atoms. The van der Waals surface area contributed by atoms with Gasteiger partial charge >= 0.3 is 0 Å². The highest BCUT2D eigenvalue weighted by molar-refractivity contribution is 7.10. The van der Waals surface area contributed by atoms with Gasteiger partial charge in [-0.1, -0.05) is 12.1 Å².